The summed E-state index contributed by atoms with van der Waals surface area (Å²) in [5.74, 6) is 0.510. The minimum Gasteiger partial charge on any atom is -0.398 e. The molecule has 23 heavy (non-hydrogen) atoms. The van der Waals surface area contributed by atoms with Gasteiger partial charge in [-0.15, -0.1) is 0 Å². The topological polar surface area (TPSA) is 102 Å². The number of hydrogen-bond acceptors (Lipinski definition) is 5. The number of aromatic nitrogens is 3. The first-order chi connectivity index (χ1) is 10.9. The van der Waals surface area contributed by atoms with Crippen LogP contribution in [0.1, 0.15) is 24.5 Å². The summed E-state index contributed by atoms with van der Waals surface area (Å²) in [6.45, 7) is 0. The lowest BCUT2D eigenvalue weighted by Gasteiger charge is -2.08. The molecule has 0 spiro atoms. The molecule has 0 saturated heterocycles. The molecule has 0 aliphatic heterocycles. The van der Waals surface area contributed by atoms with Crippen LogP contribution in [0.15, 0.2) is 35.4 Å². The number of nitrogen functional groups attached to an aromatic ring is 1. The number of rotatable bonds is 3. The second-order valence-corrected chi connectivity index (χ2v) is 7.97. The van der Waals surface area contributed by atoms with E-state index in [2.05, 4.69) is 15.2 Å². The molecule has 0 amide bonds. The van der Waals surface area contributed by atoms with Gasteiger partial charge in [0.05, 0.1) is 21.8 Å². The summed E-state index contributed by atoms with van der Waals surface area (Å²) in [4.78, 5) is 4.63. The predicted molar refractivity (Wildman–Crippen MR) is 88.8 cm³/mol. The highest BCUT2D eigenvalue weighted by Gasteiger charge is 2.29. The van der Waals surface area contributed by atoms with Gasteiger partial charge in [-0.2, -0.15) is 5.10 Å². The van der Waals surface area contributed by atoms with Crippen molar-refractivity contribution >= 4 is 26.4 Å². The number of H-pyrrole nitrogens is 1. The van der Waals surface area contributed by atoms with Crippen LogP contribution in [-0.2, 0) is 9.84 Å². The maximum Gasteiger partial charge on any atom is 0.177 e. The Bertz CT molecular complexity index is 1020. The molecule has 1 aromatic carbocycles. The Kier molecular flexibility index (Phi) is 2.96. The number of benzene rings is 1. The summed E-state index contributed by atoms with van der Waals surface area (Å²) in [6.07, 6.45) is 5.16. The summed E-state index contributed by atoms with van der Waals surface area (Å²) >= 11 is 0. The van der Waals surface area contributed by atoms with E-state index in [9.17, 15) is 8.42 Å². The first kappa shape index (κ1) is 14.2. The van der Waals surface area contributed by atoms with Gasteiger partial charge in [-0.05, 0) is 31.0 Å². The van der Waals surface area contributed by atoms with Gasteiger partial charge < -0.3 is 5.73 Å². The van der Waals surface area contributed by atoms with E-state index in [0.717, 1.165) is 47.0 Å². The number of pyridine rings is 1. The van der Waals surface area contributed by atoms with E-state index in [-0.39, 0.29) is 10.6 Å². The molecule has 1 aliphatic carbocycles. The van der Waals surface area contributed by atoms with Crippen molar-refractivity contribution in [1.82, 2.24) is 15.2 Å². The quantitative estimate of drug-likeness (QED) is 0.719. The molecule has 7 heteroatoms. The first-order valence-electron chi connectivity index (χ1n) is 7.38. The Morgan fingerprint density at radius 3 is 2.70 bits per heavy atom. The molecular formula is C16H16N4O2S. The van der Waals surface area contributed by atoms with Crippen LogP contribution < -0.4 is 5.73 Å². The van der Waals surface area contributed by atoms with Crippen molar-refractivity contribution in [2.24, 2.45) is 0 Å². The van der Waals surface area contributed by atoms with E-state index in [1.807, 2.05) is 6.07 Å². The zero-order chi connectivity index (χ0) is 16.2. The van der Waals surface area contributed by atoms with Gasteiger partial charge in [0.1, 0.15) is 0 Å². The molecule has 0 atom stereocenters. The Morgan fingerprint density at radius 2 is 2.04 bits per heavy atom. The number of hydrogen-bond donors (Lipinski definition) is 2. The van der Waals surface area contributed by atoms with Crippen LogP contribution in [-0.4, -0.2) is 29.9 Å². The maximum absolute atomic E-state index is 11.7. The van der Waals surface area contributed by atoms with Crippen LogP contribution in [0.4, 0.5) is 5.69 Å². The Labute approximate surface area is 133 Å². The molecule has 0 bridgehead atoms. The van der Waals surface area contributed by atoms with Crippen molar-refractivity contribution in [3.8, 4) is 11.3 Å². The van der Waals surface area contributed by atoms with Gasteiger partial charge in [-0.3, -0.25) is 10.1 Å². The molecule has 2 aromatic heterocycles. The fourth-order valence-corrected chi connectivity index (χ4v) is 3.71. The lowest BCUT2D eigenvalue weighted by molar-refractivity contribution is 0.602. The smallest absolute Gasteiger partial charge is 0.177 e. The SMILES string of the molecule is CS(=O)(=O)c1ccc(-c2nccc3n[nH]c(C4CC4)c23)cc1N. The van der Waals surface area contributed by atoms with Gasteiger partial charge in [-0.25, -0.2) is 8.42 Å². The fraction of sp³-hybridized carbons (Fsp3) is 0.250. The molecule has 0 radical (unpaired) electrons. The first-order valence-corrected chi connectivity index (χ1v) is 9.27. The Morgan fingerprint density at radius 1 is 1.26 bits per heavy atom. The van der Waals surface area contributed by atoms with Crippen molar-refractivity contribution in [2.75, 3.05) is 12.0 Å². The summed E-state index contributed by atoms with van der Waals surface area (Å²) in [7, 11) is -3.34. The van der Waals surface area contributed by atoms with Gasteiger partial charge in [0.2, 0.25) is 0 Å². The molecule has 2 heterocycles. The van der Waals surface area contributed by atoms with E-state index in [1.165, 1.54) is 6.07 Å². The molecule has 1 fully saturated rings. The van der Waals surface area contributed by atoms with Crippen LogP contribution in [0.5, 0.6) is 0 Å². The van der Waals surface area contributed by atoms with Crippen molar-refractivity contribution in [3.63, 3.8) is 0 Å². The van der Waals surface area contributed by atoms with E-state index < -0.39 is 9.84 Å². The third-order valence-electron chi connectivity index (χ3n) is 4.16. The van der Waals surface area contributed by atoms with E-state index in [4.69, 9.17) is 5.73 Å². The monoisotopic (exact) mass is 328 g/mol. The number of nitrogens with two attached hydrogens (primary N) is 1. The zero-order valence-electron chi connectivity index (χ0n) is 12.6. The average molecular weight is 328 g/mol. The number of anilines is 1. The molecule has 1 aliphatic rings. The molecule has 4 rings (SSSR count). The van der Waals surface area contributed by atoms with Gasteiger partial charge >= 0.3 is 0 Å². The second-order valence-electron chi connectivity index (χ2n) is 5.99. The average Bonchev–Trinajstić information content (AvgIpc) is 3.24. The highest BCUT2D eigenvalue weighted by atomic mass is 32.2. The summed E-state index contributed by atoms with van der Waals surface area (Å²) in [5.41, 5.74) is 9.73. The van der Waals surface area contributed by atoms with Gasteiger partial charge in [-0.1, -0.05) is 6.07 Å². The number of nitrogens with one attached hydrogen (secondary N) is 1. The lowest BCUT2D eigenvalue weighted by atomic mass is 10.0. The maximum atomic E-state index is 11.7. The van der Waals surface area contributed by atoms with Gasteiger partial charge in [0.25, 0.3) is 0 Å². The molecule has 1 saturated carbocycles. The van der Waals surface area contributed by atoms with Crippen LogP contribution in [0.3, 0.4) is 0 Å². The third-order valence-corrected chi connectivity index (χ3v) is 5.33. The summed E-state index contributed by atoms with van der Waals surface area (Å²) < 4.78 is 23.4. The fourth-order valence-electron chi connectivity index (χ4n) is 2.91. The molecular weight excluding hydrogens is 312 g/mol. The lowest BCUT2D eigenvalue weighted by Crippen LogP contribution is -2.02. The summed E-state index contributed by atoms with van der Waals surface area (Å²) in [6, 6.07) is 6.83. The van der Waals surface area contributed by atoms with Crippen LogP contribution in [0.2, 0.25) is 0 Å². The standard InChI is InChI=1S/C16H16N4O2S/c1-23(21,22)13-5-4-10(8-11(13)17)15-14-12(6-7-18-15)19-20-16(14)9-2-3-9/h4-9H,2-3,17H2,1H3,(H,19,20). The number of fused-ring (bicyclic) bond motifs is 1. The molecule has 118 valence electrons. The molecule has 0 unspecified atom stereocenters. The third kappa shape index (κ3) is 2.37. The number of sulfone groups is 1. The normalized spacial score (nSPS) is 15.2. The zero-order valence-corrected chi connectivity index (χ0v) is 13.4. The van der Waals surface area contributed by atoms with Crippen LogP contribution >= 0.6 is 0 Å². The molecule has 3 N–H and O–H groups in total. The highest BCUT2D eigenvalue weighted by Crippen LogP contribution is 2.44. The van der Waals surface area contributed by atoms with E-state index in [1.54, 1.807) is 18.3 Å². The predicted octanol–water partition coefficient (Wildman–Crippen LogP) is 2.49. The van der Waals surface area contributed by atoms with Crippen molar-refractivity contribution in [2.45, 2.75) is 23.7 Å². The second kappa shape index (κ2) is 4.79. The molecule has 3 aromatic rings. The number of nitrogens with zero attached hydrogens (tertiary/aromatic N) is 2. The van der Waals surface area contributed by atoms with Crippen LogP contribution in [0.25, 0.3) is 22.2 Å². The molecule has 6 nitrogen and oxygen atoms in total. The van der Waals surface area contributed by atoms with Crippen molar-refractivity contribution in [1.29, 1.82) is 0 Å². The number of aromatic amines is 1. The Balaban J connectivity index is 1.93. The minimum absolute atomic E-state index is 0.142. The largest absolute Gasteiger partial charge is 0.398 e. The Hall–Kier alpha value is -2.41. The van der Waals surface area contributed by atoms with Crippen LogP contribution in [0, 0.1) is 0 Å². The highest BCUT2D eigenvalue weighted by molar-refractivity contribution is 7.90. The van der Waals surface area contributed by atoms with Crippen molar-refractivity contribution < 1.29 is 8.42 Å². The van der Waals surface area contributed by atoms with E-state index in [0.29, 0.717) is 5.92 Å². The summed E-state index contributed by atoms with van der Waals surface area (Å²) in [5, 5.41) is 8.47. The van der Waals surface area contributed by atoms with E-state index >= 15 is 0 Å². The van der Waals surface area contributed by atoms with Crippen molar-refractivity contribution in [3.05, 3.63) is 36.2 Å². The van der Waals surface area contributed by atoms with Gasteiger partial charge in [0, 0.05) is 35.0 Å². The van der Waals surface area contributed by atoms with Gasteiger partial charge in [0.15, 0.2) is 9.84 Å². The minimum atomic E-state index is -3.34.